The highest BCUT2D eigenvalue weighted by Gasteiger charge is 2.11. The van der Waals surface area contributed by atoms with Gasteiger partial charge in [-0.25, -0.2) is 0 Å². The second kappa shape index (κ2) is 6.97. The number of benzene rings is 2. The first-order valence-corrected chi connectivity index (χ1v) is 9.31. The molecule has 4 heteroatoms. The summed E-state index contributed by atoms with van der Waals surface area (Å²) in [5.74, 6) is 1.65. The van der Waals surface area contributed by atoms with Crippen molar-refractivity contribution in [1.29, 1.82) is 0 Å². The maximum Gasteiger partial charge on any atom is 0.122 e. The number of hydrogen-bond donors (Lipinski definition) is 1. The first-order valence-electron chi connectivity index (χ1n) is 7.58. The molecule has 0 aliphatic carbocycles. The zero-order valence-corrected chi connectivity index (χ0v) is 13.6. The normalized spacial score (nSPS) is 14.2. The Kier molecular flexibility index (Phi) is 4.78. The summed E-state index contributed by atoms with van der Waals surface area (Å²) in [7, 11) is -0.800. The smallest absolute Gasteiger partial charge is 0.122 e. The van der Waals surface area contributed by atoms with Gasteiger partial charge in [0.25, 0.3) is 0 Å². The second-order valence-electron chi connectivity index (χ2n) is 5.64. The fourth-order valence-electron chi connectivity index (χ4n) is 2.75. The standard InChI is InChI=1S/C18H21NO2S/c1-22(20)13-15-3-2-4-17(12-15)19-9-7-14-5-6-18-16(11-14)8-10-21-18/h2-6,11-12,19H,7-10,13H2,1H3. The van der Waals surface area contributed by atoms with Gasteiger partial charge >= 0.3 is 0 Å². The van der Waals surface area contributed by atoms with Crippen LogP contribution in [0.2, 0.25) is 0 Å². The highest BCUT2D eigenvalue weighted by atomic mass is 32.2. The van der Waals surface area contributed by atoms with Gasteiger partial charge in [-0.15, -0.1) is 0 Å². The molecule has 0 aromatic heterocycles. The molecular formula is C18H21NO2S. The van der Waals surface area contributed by atoms with E-state index in [2.05, 4.69) is 35.6 Å². The van der Waals surface area contributed by atoms with Crippen molar-refractivity contribution in [3.8, 4) is 5.75 Å². The lowest BCUT2D eigenvalue weighted by Gasteiger charge is -2.09. The predicted molar refractivity (Wildman–Crippen MR) is 92.0 cm³/mol. The van der Waals surface area contributed by atoms with E-state index < -0.39 is 10.8 Å². The Morgan fingerprint density at radius 1 is 1.18 bits per heavy atom. The summed E-state index contributed by atoms with van der Waals surface area (Å²) in [6.45, 7) is 1.70. The van der Waals surface area contributed by atoms with E-state index in [0.29, 0.717) is 5.75 Å². The topological polar surface area (TPSA) is 38.3 Å². The number of fused-ring (bicyclic) bond motifs is 1. The predicted octanol–water partition coefficient (Wildman–Crippen LogP) is 3.15. The molecule has 0 saturated carbocycles. The van der Waals surface area contributed by atoms with Crippen molar-refractivity contribution in [3.05, 3.63) is 59.2 Å². The molecule has 0 fully saturated rings. The number of nitrogens with one attached hydrogen (secondary N) is 1. The average Bonchev–Trinajstić information content (AvgIpc) is 2.94. The van der Waals surface area contributed by atoms with E-state index in [9.17, 15) is 4.21 Å². The number of rotatable bonds is 6. The third kappa shape index (κ3) is 3.89. The molecule has 2 aromatic rings. The summed E-state index contributed by atoms with van der Waals surface area (Å²) in [6, 6.07) is 14.6. The fraction of sp³-hybridized carbons (Fsp3) is 0.333. The molecule has 22 heavy (non-hydrogen) atoms. The van der Waals surface area contributed by atoms with Crippen LogP contribution in [0.5, 0.6) is 5.75 Å². The molecule has 0 amide bonds. The van der Waals surface area contributed by atoms with Crippen molar-refractivity contribution in [2.45, 2.75) is 18.6 Å². The monoisotopic (exact) mass is 315 g/mol. The quantitative estimate of drug-likeness (QED) is 0.890. The molecule has 0 radical (unpaired) electrons. The lowest BCUT2D eigenvalue weighted by atomic mass is 10.1. The lowest BCUT2D eigenvalue weighted by Crippen LogP contribution is -2.05. The van der Waals surface area contributed by atoms with Crippen LogP contribution in [0.1, 0.15) is 16.7 Å². The van der Waals surface area contributed by atoms with Crippen LogP contribution in [0.3, 0.4) is 0 Å². The molecule has 116 valence electrons. The number of anilines is 1. The van der Waals surface area contributed by atoms with Crippen LogP contribution < -0.4 is 10.1 Å². The van der Waals surface area contributed by atoms with E-state index in [1.165, 1.54) is 11.1 Å². The first kappa shape index (κ1) is 15.1. The molecule has 1 heterocycles. The van der Waals surface area contributed by atoms with Crippen molar-refractivity contribution >= 4 is 16.5 Å². The minimum atomic E-state index is -0.800. The van der Waals surface area contributed by atoms with Gasteiger partial charge in [-0.05, 0) is 41.3 Å². The van der Waals surface area contributed by atoms with Crippen LogP contribution in [0, 0.1) is 0 Å². The van der Waals surface area contributed by atoms with E-state index >= 15 is 0 Å². The molecule has 3 rings (SSSR count). The summed E-state index contributed by atoms with van der Waals surface area (Å²) < 4.78 is 16.8. The van der Waals surface area contributed by atoms with Gasteiger partial charge in [0.15, 0.2) is 0 Å². The Morgan fingerprint density at radius 3 is 2.95 bits per heavy atom. The molecule has 1 N–H and O–H groups in total. The number of hydrogen-bond acceptors (Lipinski definition) is 3. The van der Waals surface area contributed by atoms with Crippen molar-refractivity contribution in [2.24, 2.45) is 0 Å². The summed E-state index contributed by atoms with van der Waals surface area (Å²) in [4.78, 5) is 0. The molecular weight excluding hydrogens is 294 g/mol. The maximum atomic E-state index is 11.3. The minimum absolute atomic E-state index is 0.611. The van der Waals surface area contributed by atoms with Crippen LogP contribution in [0.15, 0.2) is 42.5 Å². The molecule has 0 spiro atoms. The van der Waals surface area contributed by atoms with Crippen molar-refractivity contribution in [2.75, 3.05) is 24.7 Å². The first-order chi connectivity index (χ1) is 10.7. The van der Waals surface area contributed by atoms with Crippen LogP contribution in [0.4, 0.5) is 5.69 Å². The minimum Gasteiger partial charge on any atom is -0.493 e. The van der Waals surface area contributed by atoms with Gasteiger partial charge in [0.2, 0.25) is 0 Å². The third-order valence-electron chi connectivity index (χ3n) is 3.79. The van der Waals surface area contributed by atoms with Crippen LogP contribution >= 0.6 is 0 Å². The van der Waals surface area contributed by atoms with Gasteiger partial charge in [0.1, 0.15) is 5.75 Å². The highest BCUT2D eigenvalue weighted by molar-refractivity contribution is 7.83. The highest BCUT2D eigenvalue weighted by Crippen LogP contribution is 2.26. The van der Waals surface area contributed by atoms with Crippen molar-refractivity contribution in [1.82, 2.24) is 0 Å². The van der Waals surface area contributed by atoms with Crippen LogP contribution in [0.25, 0.3) is 0 Å². The molecule has 1 aliphatic heterocycles. The Labute approximate surface area is 134 Å². The van der Waals surface area contributed by atoms with Crippen molar-refractivity contribution in [3.63, 3.8) is 0 Å². The van der Waals surface area contributed by atoms with E-state index in [1.54, 1.807) is 6.26 Å². The van der Waals surface area contributed by atoms with Crippen LogP contribution in [-0.4, -0.2) is 23.6 Å². The second-order valence-corrected chi connectivity index (χ2v) is 7.07. The Morgan fingerprint density at radius 2 is 2.09 bits per heavy atom. The molecule has 1 atom stereocenters. The van der Waals surface area contributed by atoms with Gasteiger partial charge in [-0.1, -0.05) is 24.3 Å². The molecule has 1 unspecified atom stereocenters. The summed E-state index contributed by atoms with van der Waals surface area (Å²) >= 11 is 0. The van der Waals surface area contributed by atoms with Crippen molar-refractivity contribution < 1.29 is 8.95 Å². The fourth-order valence-corrected chi connectivity index (χ4v) is 3.40. The maximum absolute atomic E-state index is 11.3. The Balaban J connectivity index is 1.55. The summed E-state index contributed by atoms with van der Waals surface area (Å²) in [5.41, 5.74) is 4.86. The van der Waals surface area contributed by atoms with E-state index in [0.717, 1.165) is 43.0 Å². The zero-order valence-electron chi connectivity index (χ0n) is 12.8. The molecule has 0 bridgehead atoms. The van der Waals surface area contributed by atoms with E-state index in [1.807, 2.05) is 12.1 Å². The van der Waals surface area contributed by atoms with E-state index in [-0.39, 0.29) is 0 Å². The lowest BCUT2D eigenvalue weighted by molar-refractivity contribution is 0.357. The average molecular weight is 315 g/mol. The SMILES string of the molecule is CS(=O)Cc1cccc(NCCc2ccc3c(c2)CCO3)c1. The summed E-state index contributed by atoms with van der Waals surface area (Å²) in [5, 5.41) is 3.44. The Hall–Kier alpha value is -1.81. The molecule has 3 nitrogen and oxygen atoms in total. The Bertz CT molecular complexity index is 685. The van der Waals surface area contributed by atoms with Gasteiger partial charge in [0.05, 0.1) is 6.61 Å². The molecule has 0 saturated heterocycles. The van der Waals surface area contributed by atoms with Gasteiger partial charge in [-0.3, -0.25) is 4.21 Å². The summed E-state index contributed by atoms with van der Waals surface area (Å²) in [6.07, 6.45) is 3.74. The molecule has 1 aliphatic rings. The third-order valence-corrected chi connectivity index (χ3v) is 4.53. The van der Waals surface area contributed by atoms with Gasteiger partial charge in [0, 0.05) is 41.5 Å². The largest absolute Gasteiger partial charge is 0.493 e. The number of ether oxygens (including phenoxy) is 1. The van der Waals surface area contributed by atoms with Crippen LogP contribution in [-0.2, 0) is 29.4 Å². The van der Waals surface area contributed by atoms with Gasteiger partial charge < -0.3 is 10.1 Å². The molecule has 2 aromatic carbocycles. The zero-order chi connectivity index (χ0) is 15.4. The van der Waals surface area contributed by atoms with E-state index in [4.69, 9.17) is 4.74 Å². The van der Waals surface area contributed by atoms with Gasteiger partial charge in [-0.2, -0.15) is 0 Å².